The molecule has 0 radical (unpaired) electrons. The predicted octanol–water partition coefficient (Wildman–Crippen LogP) is 3.81. The van der Waals surface area contributed by atoms with E-state index in [-0.39, 0.29) is 18.3 Å². The summed E-state index contributed by atoms with van der Waals surface area (Å²) in [4.78, 5) is 13.6. The van der Waals surface area contributed by atoms with E-state index in [1.54, 1.807) is 31.3 Å². The van der Waals surface area contributed by atoms with E-state index in [1.165, 1.54) is 0 Å². The van der Waals surface area contributed by atoms with Gasteiger partial charge in [-0.25, -0.2) is 4.98 Å². The summed E-state index contributed by atoms with van der Waals surface area (Å²) in [6.45, 7) is 2.30. The highest BCUT2D eigenvalue weighted by molar-refractivity contribution is 5.85. The van der Waals surface area contributed by atoms with Gasteiger partial charge in [-0.1, -0.05) is 0 Å². The van der Waals surface area contributed by atoms with Crippen molar-refractivity contribution in [1.29, 1.82) is 5.26 Å². The summed E-state index contributed by atoms with van der Waals surface area (Å²) in [6, 6.07) is 13.9. The second-order valence-electron chi connectivity index (χ2n) is 9.54. The summed E-state index contributed by atoms with van der Waals surface area (Å²) in [5.74, 6) is 1.32. The highest BCUT2D eigenvalue weighted by atomic mass is 35.5. The summed E-state index contributed by atoms with van der Waals surface area (Å²) in [5.41, 5.74) is 4.78. The van der Waals surface area contributed by atoms with Crippen LogP contribution in [0.2, 0.25) is 0 Å². The number of ether oxygens (including phenoxy) is 2. The number of benzene rings is 2. The Morgan fingerprint density at radius 1 is 1.10 bits per heavy atom. The number of hydrogen-bond acceptors (Lipinski definition) is 9. The lowest BCUT2D eigenvalue weighted by atomic mass is 10.1. The van der Waals surface area contributed by atoms with Gasteiger partial charge in [-0.15, -0.1) is 12.4 Å². The Morgan fingerprint density at radius 2 is 1.87 bits per heavy atom. The number of β-amino-alcohol motifs (C(OH)–C–C–N with tert-alkyl or cyclic N) is 1. The second-order valence-corrected chi connectivity index (χ2v) is 9.54. The van der Waals surface area contributed by atoms with Crippen LogP contribution in [0.3, 0.4) is 0 Å². The molecule has 204 valence electrons. The van der Waals surface area contributed by atoms with Crippen molar-refractivity contribution in [2.75, 3.05) is 45.3 Å². The Morgan fingerprint density at radius 3 is 2.51 bits per heavy atom. The molecular formula is C28H32ClN7O3. The number of nitriles is 1. The van der Waals surface area contributed by atoms with Gasteiger partial charge in [0.2, 0.25) is 0 Å². The highest BCUT2D eigenvalue weighted by Gasteiger charge is 2.25. The molecule has 1 fully saturated rings. The Bertz CT molecular complexity index is 1450. The second kappa shape index (κ2) is 12.3. The molecule has 0 bridgehead atoms. The average molecular weight is 550 g/mol. The minimum atomic E-state index is -0.659. The van der Waals surface area contributed by atoms with Gasteiger partial charge in [-0.3, -0.25) is 14.6 Å². The molecule has 0 unspecified atom stereocenters. The van der Waals surface area contributed by atoms with Gasteiger partial charge < -0.3 is 19.5 Å². The number of aliphatic hydroxyl groups is 1. The van der Waals surface area contributed by atoms with Crippen LogP contribution in [0.25, 0.3) is 22.3 Å². The third kappa shape index (κ3) is 6.40. The molecule has 1 saturated heterocycles. The van der Waals surface area contributed by atoms with Crippen molar-refractivity contribution in [3.63, 3.8) is 0 Å². The average Bonchev–Trinajstić information content (AvgIpc) is 3.59. The van der Waals surface area contributed by atoms with Crippen molar-refractivity contribution in [3.8, 4) is 28.8 Å². The van der Waals surface area contributed by atoms with Crippen molar-refractivity contribution in [1.82, 2.24) is 24.6 Å². The van der Waals surface area contributed by atoms with Crippen LogP contribution in [0.1, 0.15) is 6.42 Å². The quantitative estimate of drug-likeness (QED) is 0.333. The number of halogens is 1. The van der Waals surface area contributed by atoms with Crippen molar-refractivity contribution in [3.05, 3.63) is 55.0 Å². The minimum Gasteiger partial charge on any atom is -0.497 e. The minimum absolute atomic E-state index is 0. The third-order valence-corrected chi connectivity index (χ3v) is 6.80. The highest BCUT2D eigenvalue weighted by Crippen LogP contribution is 2.34. The third-order valence-electron chi connectivity index (χ3n) is 6.80. The van der Waals surface area contributed by atoms with Gasteiger partial charge in [-0.05, 0) is 31.2 Å². The predicted molar refractivity (Wildman–Crippen MR) is 152 cm³/mol. The van der Waals surface area contributed by atoms with Crippen LogP contribution >= 0.6 is 12.4 Å². The van der Waals surface area contributed by atoms with Crippen molar-refractivity contribution in [2.24, 2.45) is 13.0 Å². The maximum atomic E-state index is 11.2. The molecule has 0 aliphatic carbocycles. The number of aryl methyl sites for hydroxylation is 1. The number of rotatable bonds is 9. The molecule has 0 amide bonds. The lowest BCUT2D eigenvalue weighted by Crippen LogP contribution is -2.38. The molecular weight excluding hydrogens is 518 g/mol. The normalized spacial score (nSPS) is 15.9. The molecule has 4 aromatic rings. The zero-order valence-corrected chi connectivity index (χ0v) is 23.0. The lowest BCUT2D eigenvalue weighted by molar-refractivity contribution is 0.130. The lowest BCUT2D eigenvalue weighted by Gasteiger charge is -2.30. The van der Waals surface area contributed by atoms with Gasteiger partial charge in [0.25, 0.3) is 0 Å². The van der Waals surface area contributed by atoms with Gasteiger partial charge in [0.05, 0.1) is 68.0 Å². The first kappa shape index (κ1) is 28.1. The molecule has 2 aromatic carbocycles. The number of likely N-dealkylation sites (tertiary alicyclic amines) is 1. The monoisotopic (exact) mass is 549 g/mol. The molecule has 2 atom stereocenters. The van der Waals surface area contributed by atoms with Crippen LogP contribution in [0.5, 0.6) is 11.5 Å². The van der Waals surface area contributed by atoms with Gasteiger partial charge in [0.15, 0.2) is 0 Å². The number of hydrogen-bond donors (Lipinski definition) is 1. The van der Waals surface area contributed by atoms with E-state index < -0.39 is 6.10 Å². The largest absolute Gasteiger partial charge is 0.497 e. The van der Waals surface area contributed by atoms with E-state index in [2.05, 4.69) is 21.1 Å². The van der Waals surface area contributed by atoms with Gasteiger partial charge in [-0.2, -0.15) is 10.4 Å². The smallest absolute Gasteiger partial charge is 0.124 e. The van der Waals surface area contributed by atoms with Gasteiger partial charge in [0.1, 0.15) is 11.5 Å². The van der Waals surface area contributed by atoms with Crippen LogP contribution in [-0.2, 0) is 7.05 Å². The molecule has 10 nitrogen and oxygen atoms in total. The fourth-order valence-electron chi connectivity index (χ4n) is 4.84. The number of anilines is 2. The van der Waals surface area contributed by atoms with Crippen molar-refractivity contribution in [2.45, 2.75) is 12.5 Å². The fourth-order valence-corrected chi connectivity index (χ4v) is 4.84. The Labute approximate surface area is 233 Å². The first-order valence-electron chi connectivity index (χ1n) is 12.5. The molecule has 1 N–H and O–H groups in total. The maximum absolute atomic E-state index is 11.2. The van der Waals surface area contributed by atoms with Gasteiger partial charge >= 0.3 is 0 Å². The summed E-state index contributed by atoms with van der Waals surface area (Å²) >= 11 is 0. The summed E-state index contributed by atoms with van der Waals surface area (Å²) in [6.07, 6.45) is 5.59. The Kier molecular flexibility index (Phi) is 8.86. The molecule has 39 heavy (non-hydrogen) atoms. The summed E-state index contributed by atoms with van der Waals surface area (Å²) in [7, 11) is 5.09. The van der Waals surface area contributed by atoms with Gasteiger partial charge in [0, 0.05) is 61.5 Å². The fraction of sp³-hybridized carbons (Fsp3) is 0.357. The first-order chi connectivity index (χ1) is 18.4. The van der Waals surface area contributed by atoms with Crippen molar-refractivity contribution < 1.29 is 14.6 Å². The zero-order chi connectivity index (χ0) is 26.6. The Hall–Kier alpha value is -3.91. The molecule has 5 rings (SSSR count). The van der Waals surface area contributed by atoms with E-state index in [9.17, 15) is 10.4 Å². The number of aromatic nitrogens is 4. The molecule has 1 aliphatic rings. The molecule has 11 heteroatoms. The molecule has 0 spiro atoms. The SMILES string of the molecule is COc1cc(OC)cc(N(C[C@@H](O)CN2CC[C@H](C#N)C2)c2ccc3ncc(-c4cnn(C)c4)nc3c2)c1.Cl. The van der Waals surface area contributed by atoms with E-state index >= 15 is 0 Å². The van der Waals surface area contributed by atoms with Crippen LogP contribution in [0.4, 0.5) is 11.4 Å². The van der Waals surface area contributed by atoms with E-state index in [1.807, 2.05) is 54.5 Å². The van der Waals surface area contributed by atoms with Crippen LogP contribution in [-0.4, -0.2) is 76.3 Å². The molecule has 2 aromatic heterocycles. The van der Waals surface area contributed by atoms with E-state index in [0.717, 1.165) is 46.6 Å². The number of fused-ring (bicyclic) bond motifs is 1. The molecule has 1 aliphatic heterocycles. The first-order valence-corrected chi connectivity index (χ1v) is 12.5. The topological polar surface area (TPSA) is 113 Å². The number of aliphatic hydroxyl groups excluding tert-OH is 1. The van der Waals surface area contributed by atoms with Crippen LogP contribution in [0, 0.1) is 17.2 Å². The van der Waals surface area contributed by atoms with E-state index in [4.69, 9.17) is 14.5 Å². The summed E-state index contributed by atoms with van der Waals surface area (Å²) in [5, 5.41) is 24.7. The van der Waals surface area contributed by atoms with Crippen LogP contribution < -0.4 is 14.4 Å². The van der Waals surface area contributed by atoms with Crippen LogP contribution in [0.15, 0.2) is 55.0 Å². The Balaban J connectivity index is 0.00000353. The molecule has 0 saturated carbocycles. The summed E-state index contributed by atoms with van der Waals surface area (Å²) < 4.78 is 12.8. The number of methoxy groups -OCH3 is 2. The maximum Gasteiger partial charge on any atom is 0.124 e. The molecule has 3 heterocycles. The number of nitrogens with zero attached hydrogens (tertiary/aromatic N) is 7. The van der Waals surface area contributed by atoms with E-state index in [0.29, 0.717) is 31.1 Å². The van der Waals surface area contributed by atoms with Crippen molar-refractivity contribution >= 4 is 34.8 Å². The standard InChI is InChI=1S/C28H31N7O3.ClH/c1-33-16-20(13-31-33)28-14-30-26-5-4-21(10-27(26)32-28)35(22-8-24(37-2)11-25(9-22)38-3)18-23(36)17-34-7-6-19(12-29)15-34;/h4-5,8-11,13-14,16,19,23,36H,6-7,15,17-18H2,1-3H3;1H/t19-,23+;/m1./s1. The zero-order valence-electron chi connectivity index (χ0n) is 22.2.